The minimum Gasteiger partial charge on any atom is -0.478 e. The average molecular weight is 280 g/mol. The monoisotopic (exact) mass is 280 g/mol. The molecule has 0 aliphatic rings. The summed E-state index contributed by atoms with van der Waals surface area (Å²) in [5.74, 6) is -1.02. The lowest BCUT2D eigenvalue weighted by molar-refractivity contribution is 0.0696. The van der Waals surface area contributed by atoms with Crippen molar-refractivity contribution >= 4 is 17.7 Å². The van der Waals surface area contributed by atoms with Crippen molar-refractivity contribution in [3.8, 4) is 0 Å². The summed E-state index contributed by atoms with van der Waals surface area (Å²) in [7, 11) is 0. The lowest BCUT2D eigenvalue weighted by Crippen LogP contribution is -2.36. The lowest BCUT2D eigenvalue weighted by atomic mass is 10.1. The van der Waals surface area contributed by atoms with Crippen molar-refractivity contribution in [3.05, 3.63) is 29.3 Å². The van der Waals surface area contributed by atoms with E-state index in [0.29, 0.717) is 30.8 Å². The molecule has 2 amide bonds. The number of carboxylic acids is 1. The zero-order valence-electron chi connectivity index (χ0n) is 11.7. The molecular weight excluding hydrogens is 260 g/mol. The zero-order chi connectivity index (χ0) is 15.1. The number of aliphatic hydroxyl groups excluding tert-OH is 1. The van der Waals surface area contributed by atoms with Crippen LogP contribution in [-0.2, 0) is 0 Å². The Balaban J connectivity index is 2.84. The first-order chi connectivity index (χ1) is 9.51. The maximum atomic E-state index is 12.1. The van der Waals surface area contributed by atoms with Crippen LogP contribution < -0.4 is 5.32 Å². The summed E-state index contributed by atoms with van der Waals surface area (Å²) in [6.45, 7) is 4.50. The predicted octanol–water partition coefficient (Wildman–Crippen LogP) is 1.93. The van der Waals surface area contributed by atoms with Crippen LogP contribution in [0.2, 0.25) is 0 Å². The molecule has 0 radical (unpaired) electrons. The number of benzene rings is 1. The molecule has 1 aromatic carbocycles. The van der Waals surface area contributed by atoms with E-state index in [1.54, 1.807) is 24.0 Å². The Bertz CT molecular complexity index is 488. The van der Waals surface area contributed by atoms with Crippen molar-refractivity contribution < 1.29 is 19.8 Å². The number of amides is 2. The van der Waals surface area contributed by atoms with Crippen LogP contribution in [0.1, 0.15) is 29.3 Å². The number of aliphatic hydroxyl groups is 1. The number of urea groups is 1. The summed E-state index contributed by atoms with van der Waals surface area (Å²) in [6, 6.07) is 4.46. The summed E-state index contributed by atoms with van der Waals surface area (Å²) in [4.78, 5) is 24.7. The largest absolute Gasteiger partial charge is 0.478 e. The first-order valence-electron chi connectivity index (χ1n) is 6.51. The van der Waals surface area contributed by atoms with Gasteiger partial charge in [0.25, 0.3) is 0 Å². The smallest absolute Gasteiger partial charge is 0.336 e. The Morgan fingerprint density at radius 3 is 2.60 bits per heavy atom. The topological polar surface area (TPSA) is 89.9 Å². The normalized spacial score (nSPS) is 10.2. The third kappa shape index (κ3) is 3.96. The van der Waals surface area contributed by atoms with Crippen LogP contribution in [0.5, 0.6) is 0 Å². The number of hydrogen-bond donors (Lipinski definition) is 3. The number of anilines is 1. The number of carbonyl (C=O) groups is 2. The van der Waals surface area contributed by atoms with Gasteiger partial charge >= 0.3 is 12.0 Å². The van der Waals surface area contributed by atoms with Gasteiger partial charge in [-0.1, -0.05) is 6.07 Å². The van der Waals surface area contributed by atoms with E-state index in [1.807, 2.05) is 6.92 Å². The van der Waals surface area contributed by atoms with Crippen molar-refractivity contribution in [1.82, 2.24) is 4.90 Å². The molecule has 20 heavy (non-hydrogen) atoms. The van der Waals surface area contributed by atoms with Gasteiger partial charge in [0.2, 0.25) is 0 Å². The van der Waals surface area contributed by atoms with Crippen LogP contribution >= 0.6 is 0 Å². The van der Waals surface area contributed by atoms with E-state index in [0.717, 1.165) is 0 Å². The van der Waals surface area contributed by atoms with Gasteiger partial charge in [0.1, 0.15) is 0 Å². The van der Waals surface area contributed by atoms with Crippen molar-refractivity contribution in [2.75, 3.05) is 25.0 Å². The second-order valence-corrected chi connectivity index (χ2v) is 4.37. The lowest BCUT2D eigenvalue weighted by Gasteiger charge is -2.21. The first kappa shape index (κ1) is 16.0. The van der Waals surface area contributed by atoms with Gasteiger partial charge in [-0.25, -0.2) is 9.59 Å². The third-order valence-electron chi connectivity index (χ3n) is 3.06. The Morgan fingerprint density at radius 1 is 1.35 bits per heavy atom. The summed E-state index contributed by atoms with van der Waals surface area (Å²) in [6.07, 6.45) is 0.509. The summed E-state index contributed by atoms with van der Waals surface area (Å²) >= 11 is 0. The van der Waals surface area contributed by atoms with E-state index in [9.17, 15) is 9.59 Å². The van der Waals surface area contributed by atoms with Crippen LogP contribution in [0.15, 0.2) is 18.2 Å². The number of rotatable bonds is 6. The molecule has 0 aliphatic carbocycles. The number of hydrogen-bond acceptors (Lipinski definition) is 3. The van der Waals surface area contributed by atoms with Crippen molar-refractivity contribution in [1.29, 1.82) is 0 Å². The summed E-state index contributed by atoms with van der Waals surface area (Å²) in [5, 5.41) is 20.6. The highest BCUT2D eigenvalue weighted by molar-refractivity contribution is 5.95. The predicted molar refractivity (Wildman–Crippen MR) is 76.1 cm³/mol. The molecule has 1 aromatic rings. The van der Waals surface area contributed by atoms with Crippen molar-refractivity contribution in [2.24, 2.45) is 0 Å². The maximum Gasteiger partial charge on any atom is 0.336 e. The number of aromatic carboxylic acids is 1. The van der Waals surface area contributed by atoms with Gasteiger partial charge < -0.3 is 20.4 Å². The summed E-state index contributed by atoms with van der Waals surface area (Å²) in [5.41, 5.74) is 1.17. The van der Waals surface area contributed by atoms with Crippen LogP contribution in [0, 0.1) is 6.92 Å². The second kappa shape index (κ2) is 7.49. The van der Waals surface area contributed by atoms with Gasteiger partial charge in [-0.2, -0.15) is 0 Å². The highest BCUT2D eigenvalue weighted by Gasteiger charge is 2.15. The van der Waals surface area contributed by atoms with Crippen LogP contribution in [0.3, 0.4) is 0 Å². The fourth-order valence-corrected chi connectivity index (χ4v) is 1.86. The molecule has 0 spiro atoms. The van der Waals surface area contributed by atoms with Gasteiger partial charge in [0, 0.05) is 25.4 Å². The van der Waals surface area contributed by atoms with E-state index in [4.69, 9.17) is 10.2 Å². The van der Waals surface area contributed by atoms with Gasteiger partial charge in [-0.15, -0.1) is 0 Å². The molecule has 110 valence electrons. The van der Waals surface area contributed by atoms with Gasteiger partial charge in [0.15, 0.2) is 0 Å². The van der Waals surface area contributed by atoms with Gasteiger partial charge in [-0.3, -0.25) is 0 Å². The number of carboxylic acid groups (broad SMARTS) is 1. The number of nitrogens with one attached hydrogen (secondary N) is 1. The molecule has 0 bridgehead atoms. The van der Waals surface area contributed by atoms with Crippen LogP contribution in [0.4, 0.5) is 10.5 Å². The molecular formula is C14H20N2O4. The Kier molecular flexibility index (Phi) is 5.99. The molecule has 0 aromatic heterocycles. The Hall–Kier alpha value is -2.08. The van der Waals surface area contributed by atoms with Crippen molar-refractivity contribution in [3.63, 3.8) is 0 Å². The molecule has 1 rings (SSSR count). The molecule has 6 nitrogen and oxygen atoms in total. The highest BCUT2D eigenvalue weighted by atomic mass is 16.4. The van der Waals surface area contributed by atoms with E-state index in [2.05, 4.69) is 5.32 Å². The van der Waals surface area contributed by atoms with Crippen molar-refractivity contribution in [2.45, 2.75) is 20.3 Å². The highest BCUT2D eigenvalue weighted by Crippen LogP contribution is 2.19. The molecule has 6 heteroatoms. The minimum atomic E-state index is -1.02. The maximum absolute atomic E-state index is 12.1. The minimum absolute atomic E-state index is 0.0251. The Morgan fingerprint density at radius 2 is 2.05 bits per heavy atom. The van der Waals surface area contributed by atoms with E-state index < -0.39 is 5.97 Å². The standard InChI is InChI=1S/C14H20N2O4/c1-3-16(8-5-9-17)14(20)15-12-7-4-6-11(10(12)2)13(18)19/h4,6-7,17H,3,5,8-9H2,1-2H3,(H,15,20)(H,18,19). The van der Waals surface area contributed by atoms with Crippen LogP contribution in [-0.4, -0.2) is 46.8 Å². The quantitative estimate of drug-likeness (QED) is 0.742. The molecule has 3 N–H and O–H groups in total. The van der Waals surface area contributed by atoms with E-state index in [1.165, 1.54) is 6.07 Å². The second-order valence-electron chi connectivity index (χ2n) is 4.37. The molecule has 0 fully saturated rings. The number of nitrogens with zero attached hydrogens (tertiary/aromatic N) is 1. The zero-order valence-corrected chi connectivity index (χ0v) is 11.7. The molecule has 0 saturated heterocycles. The van der Waals surface area contributed by atoms with Gasteiger partial charge in [0.05, 0.1) is 5.56 Å². The fourth-order valence-electron chi connectivity index (χ4n) is 1.86. The molecule has 0 atom stereocenters. The number of carbonyl (C=O) groups excluding carboxylic acids is 1. The van der Waals surface area contributed by atoms with Crippen LogP contribution in [0.25, 0.3) is 0 Å². The van der Waals surface area contributed by atoms with E-state index >= 15 is 0 Å². The molecule has 0 unspecified atom stereocenters. The first-order valence-corrected chi connectivity index (χ1v) is 6.51. The molecule has 0 saturated carbocycles. The SMILES string of the molecule is CCN(CCCO)C(=O)Nc1cccc(C(=O)O)c1C. The molecule has 0 aliphatic heterocycles. The third-order valence-corrected chi connectivity index (χ3v) is 3.06. The van der Waals surface area contributed by atoms with Gasteiger partial charge in [-0.05, 0) is 38.0 Å². The molecule has 0 heterocycles. The fraction of sp³-hybridized carbons (Fsp3) is 0.429. The van der Waals surface area contributed by atoms with E-state index in [-0.39, 0.29) is 18.2 Å². The summed E-state index contributed by atoms with van der Waals surface area (Å²) < 4.78 is 0. The average Bonchev–Trinajstić information content (AvgIpc) is 2.41. The Labute approximate surface area is 118 Å².